The van der Waals surface area contributed by atoms with Gasteiger partial charge >= 0.3 is 0 Å². The molecule has 4 rings (SSSR count). The van der Waals surface area contributed by atoms with Gasteiger partial charge in [-0.25, -0.2) is 8.78 Å². The molecule has 0 aromatic heterocycles. The van der Waals surface area contributed by atoms with Crippen LogP contribution in [0, 0.1) is 17.6 Å². The number of rotatable bonds is 5. The van der Waals surface area contributed by atoms with Crippen molar-refractivity contribution in [3.8, 4) is 11.1 Å². The van der Waals surface area contributed by atoms with Gasteiger partial charge in [0.05, 0.1) is 5.69 Å². The van der Waals surface area contributed by atoms with Crippen LogP contribution in [-0.4, -0.2) is 24.8 Å². The first-order valence-electron chi connectivity index (χ1n) is 10.8. The number of hydrogen-bond acceptors (Lipinski definition) is 3. The number of likely N-dealkylation sites (N-methyl/N-ethyl adjacent to an activating group) is 1. The summed E-state index contributed by atoms with van der Waals surface area (Å²) in [4.78, 5) is 40.3. The van der Waals surface area contributed by atoms with E-state index in [4.69, 9.17) is 0 Å². The molecule has 0 spiro atoms. The molecule has 0 fully saturated rings. The van der Waals surface area contributed by atoms with Crippen molar-refractivity contribution in [3.63, 3.8) is 0 Å². The van der Waals surface area contributed by atoms with Gasteiger partial charge in [-0.1, -0.05) is 42.5 Å². The first kappa shape index (κ1) is 23.1. The minimum Gasteiger partial charge on any atom is -0.351 e. The standard InChI is InChI=1S/C26H23F2N3O3/c1-15(24(32)29-14-16-13-17(27)11-12-21(16)28)25(33)30-23-20-9-4-3-7-18(20)19-8-5-6-10-22(19)31(2)26(23)34/h3-13,15,23H,14H2,1-2H3,(H,29,32)(H,30,33)/t15-,23+/m1/s1. The van der Waals surface area contributed by atoms with Crippen molar-refractivity contribution < 1.29 is 23.2 Å². The van der Waals surface area contributed by atoms with E-state index >= 15 is 0 Å². The molecule has 0 aliphatic carbocycles. The Bertz CT molecular complexity index is 1280. The summed E-state index contributed by atoms with van der Waals surface area (Å²) in [5.41, 5.74) is 2.95. The Morgan fingerprint density at radius 1 is 0.971 bits per heavy atom. The molecule has 3 aromatic rings. The Balaban J connectivity index is 1.53. The molecule has 34 heavy (non-hydrogen) atoms. The summed E-state index contributed by atoms with van der Waals surface area (Å²) in [6.07, 6.45) is 0. The van der Waals surface area contributed by atoms with Crippen molar-refractivity contribution >= 4 is 23.4 Å². The normalized spacial score (nSPS) is 15.6. The second-order valence-electron chi connectivity index (χ2n) is 8.12. The number of halogens is 2. The first-order chi connectivity index (χ1) is 16.3. The van der Waals surface area contributed by atoms with Crippen LogP contribution < -0.4 is 15.5 Å². The Kier molecular flexibility index (Phi) is 6.40. The van der Waals surface area contributed by atoms with Gasteiger partial charge in [0, 0.05) is 24.7 Å². The monoisotopic (exact) mass is 463 g/mol. The van der Waals surface area contributed by atoms with E-state index < -0.39 is 35.4 Å². The van der Waals surface area contributed by atoms with E-state index in [-0.39, 0.29) is 18.0 Å². The maximum absolute atomic E-state index is 13.8. The lowest BCUT2D eigenvalue weighted by Crippen LogP contribution is -2.45. The smallest absolute Gasteiger partial charge is 0.253 e. The third-order valence-electron chi connectivity index (χ3n) is 5.94. The summed E-state index contributed by atoms with van der Waals surface area (Å²) >= 11 is 0. The molecule has 3 amide bonds. The zero-order valence-electron chi connectivity index (χ0n) is 18.6. The van der Waals surface area contributed by atoms with Gasteiger partial charge in [-0.3, -0.25) is 14.4 Å². The number of carbonyl (C=O) groups excluding carboxylic acids is 3. The molecule has 0 saturated heterocycles. The topological polar surface area (TPSA) is 78.5 Å². The van der Waals surface area contributed by atoms with Crippen LogP contribution in [-0.2, 0) is 20.9 Å². The molecule has 0 unspecified atom stereocenters. The van der Waals surface area contributed by atoms with Crippen molar-refractivity contribution in [2.75, 3.05) is 11.9 Å². The van der Waals surface area contributed by atoms with Crippen molar-refractivity contribution in [1.29, 1.82) is 0 Å². The van der Waals surface area contributed by atoms with Gasteiger partial charge in [0.15, 0.2) is 0 Å². The Morgan fingerprint density at radius 3 is 2.41 bits per heavy atom. The molecular weight excluding hydrogens is 440 g/mol. The fourth-order valence-electron chi connectivity index (χ4n) is 3.97. The summed E-state index contributed by atoms with van der Waals surface area (Å²) in [6, 6.07) is 16.7. The highest BCUT2D eigenvalue weighted by Crippen LogP contribution is 2.39. The maximum Gasteiger partial charge on any atom is 0.253 e. The van der Waals surface area contributed by atoms with Gasteiger partial charge in [0.25, 0.3) is 5.91 Å². The summed E-state index contributed by atoms with van der Waals surface area (Å²) < 4.78 is 27.2. The predicted octanol–water partition coefficient (Wildman–Crippen LogP) is 3.72. The molecular formula is C26H23F2N3O3. The van der Waals surface area contributed by atoms with Crippen LogP contribution in [0.15, 0.2) is 66.7 Å². The third kappa shape index (κ3) is 4.39. The van der Waals surface area contributed by atoms with E-state index in [0.717, 1.165) is 29.3 Å². The van der Waals surface area contributed by atoms with Gasteiger partial charge in [-0.2, -0.15) is 0 Å². The lowest BCUT2D eigenvalue weighted by Gasteiger charge is -2.24. The number of nitrogens with zero attached hydrogens (tertiary/aromatic N) is 1. The van der Waals surface area contributed by atoms with Crippen LogP contribution >= 0.6 is 0 Å². The lowest BCUT2D eigenvalue weighted by molar-refractivity contribution is -0.136. The fourth-order valence-corrected chi connectivity index (χ4v) is 3.97. The number of para-hydroxylation sites is 1. The van der Waals surface area contributed by atoms with Crippen LogP contribution in [0.4, 0.5) is 14.5 Å². The van der Waals surface area contributed by atoms with Gasteiger partial charge in [-0.05, 0) is 42.3 Å². The van der Waals surface area contributed by atoms with Gasteiger partial charge in [0.2, 0.25) is 11.8 Å². The largest absolute Gasteiger partial charge is 0.351 e. The Labute approximate surface area is 195 Å². The number of carbonyl (C=O) groups is 3. The van der Waals surface area contributed by atoms with Crippen molar-refractivity contribution in [2.24, 2.45) is 5.92 Å². The molecule has 1 aliphatic heterocycles. The molecule has 174 valence electrons. The lowest BCUT2D eigenvalue weighted by atomic mass is 9.95. The molecule has 1 aliphatic rings. The number of benzene rings is 3. The molecule has 0 bridgehead atoms. The van der Waals surface area contributed by atoms with Crippen LogP contribution in [0.1, 0.15) is 24.1 Å². The average Bonchev–Trinajstić information content (AvgIpc) is 2.93. The highest BCUT2D eigenvalue weighted by atomic mass is 19.1. The maximum atomic E-state index is 13.8. The van der Waals surface area contributed by atoms with Crippen LogP contribution in [0.3, 0.4) is 0 Å². The molecule has 2 N–H and O–H groups in total. The van der Waals surface area contributed by atoms with Gasteiger partial charge in [0.1, 0.15) is 23.6 Å². The second kappa shape index (κ2) is 9.43. The van der Waals surface area contributed by atoms with Gasteiger partial charge < -0.3 is 15.5 Å². The summed E-state index contributed by atoms with van der Waals surface area (Å²) in [5.74, 6) is -4.15. The molecule has 0 radical (unpaired) electrons. The third-order valence-corrected chi connectivity index (χ3v) is 5.94. The predicted molar refractivity (Wildman–Crippen MR) is 124 cm³/mol. The van der Waals surface area contributed by atoms with Crippen molar-refractivity contribution in [2.45, 2.75) is 19.5 Å². The van der Waals surface area contributed by atoms with E-state index in [9.17, 15) is 23.2 Å². The van der Waals surface area contributed by atoms with Crippen molar-refractivity contribution in [1.82, 2.24) is 10.6 Å². The highest BCUT2D eigenvalue weighted by Gasteiger charge is 2.35. The Hall–Kier alpha value is -4.07. The number of nitrogens with one attached hydrogen (secondary N) is 2. The minimum absolute atomic E-state index is 0.0341. The number of hydrogen-bond donors (Lipinski definition) is 2. The molecule has 3 aromatic carbocycles. The fraction of sp³-hybridized carbons (Fsp3) is 0.192. The zero-order chi connectivity index (χ0) is 24.4. The van der Waals surface area contributed by atoms with E-state index in [1.807, 2.05) is 36.4 Å². The average molecular weight is 463 g/mol. The van der Waals surface area contributed by atoms with E-state index in [1.165, 1.54) is 11.8 Å². The molecule has 1 heterocycles. The summed E-state index contributed by atoms with van der Waals surface area (Å²) in [6.45, 7) is 1.11. The SMILES string of the molecule is C[C@H](C(=O)NCc1cc(F)ccc1F)C(=O)N[C@@H]1C(=O)N(C)c2ccccc2-c2ccccc21. The highest BCUT2D eigenvalue weighted by molar-refractivity contribution is 6.07. The summed E-state index contributed by atoms with van der Waals surface area (Å²) in [5, 5.41) is 5.15. The molecule has 0 saturated carbocycles. The summed E-state index contributed by atoms with van der Waals surface area (Å²) in [7, 11) is 1.63. The van der Waals surface area contributed by atoms with Crippen LogP contribution in [0.5, 0.6) is 0 Å². The molecule has 6 nitrogen and oxygen atoms in total. The molecule has 8 heteroatoms. The number of amides is 3. The molecule has 2 atom stereocenters. The zero-order valence-corrected chi connectivity index (χ0v) is 18.6. The quantitative estimate of drug-likeness (QED) is 0.566. The van der Waals surface area contributed by atoms with E-state index in [2.05, 4.69) is 10.6 Å². The second-order valence-corrected chi connectivity index (χ2v) is 8.12. The first-order valence-corrected chi connectivity index (χ1v) is 10.8. The van der Waals surface area contributed by atoms with Crippen molar-refractivity contribution in [3.05, 3.63) is 89.5 Å². The van der Waals surface area contributed by atoms with E-state index in [0.29, 0.717) is 11.3 Å². The number of anilines is 1. The Morgan fingerprint density at radius 2 is 1.65 bits per heavy atom. The van der Waals surface area contributed by atoms with Crippen LogP contribution in [0.2, 0.25) is 0 Å². The number of fused-ring (bicyclic) bond motifs is 3. The minimum atomic E-state index is -1.17. The van der Waals surface area contributed by atoms with Crippen LogP contribution in [0.25, 0.3) is 11.1 Å². The van der Waals surface area contributed by atoms with E-state index in [1.54, 1.807) is 19.2 Å². The van der Waals surface area contributed by atoms with Gasteiger partial charge in [-0.15, -0.1) is 0 Å².